The van der Waals surface area contributed by atoms with Crippen LogP contribution in [0.25, 0.3) is 11.5 Å². The van der Waals surface area contributed by atoms with E-state index in [-0.39, 0.29) is 6.04 Å². The minimum atomic E-state index is 0.0408. The molecule has 0 aliphatic carbocycles. The Balaban J connectivity index is 2.34. The number of hydrogen-bond donors (Lipinski definition) is 1. The van der Waals surface area contributed by atoms with Crippen molar-refractivity contribution in [2.75, 3.05) is 0 Å². The van der Waals surface area contributed by atoms with Crippen LogP contribution in [-0.4, -0.2) is 16.2 Å². The number of aryl methyl sites for hydroxylation is 1. The molecule has 1 atom stereocenters. The maximum absolute atomic E-state index is 5.70. The molecule has 2 aromatic rings. The normalized spacial score (nSPS) is 12.7. The van der Waals surface area contributed by atoms with E-state index in [2.05, 4.69) is 30.1 Å². The van der Waals surface area contributed by atoms with E-state index in [1.54, 1.807) is 0 Å². The molecule has 0 aliphatic rings. The van der Waals surface area contributed by atoms with Crippen LogP contribution in [0.2, 0.25) is 0 Å². The summed E-state index contributed by atoms with van der Waals surface area (Å²) < 4.78 is 5.27. The number of aromatic nitrogens is 2. The van der Waals surface area contributed by atoms with E-state index in [9.17, 15) is 0 Å². The summed E-state index contributed by atoms with van der Waals surface area (Å²) in [5.41, 5.74) is 9.09. The molecule has 0 bridgehead atoms. The van der Waals surface area contributed by atoms with Crippen LogP contribution in [0.3, 0.4) is 0 Å². The predicted octanol–water partition coefficient (Wildman–Crippen LogP) is 2.24. The van der Waals surface area contributed by atoms with Gasteiger partial charge in [-0.25, -0.2) is 0 Å². The van der Waals surface area contributed by atoms with E-state index in [0.717, 1.165) is 5.56 Å². The molecule has 1 unspecified atom stereocenters. The van der Waals surface area contributed by atoms with E-state index in [4.69, 9.17) is 10.3 Å². The van der Waals surface area contributed by atoms with Crippen LogP contribution in [0.1, 0.15) is 23.9 Å². The summed E-state index contributed by atoms with van der Waals surface area (Å²) in [5.74, 6) is 1.23. The van der Waals surface area contributed by atoms with Gasteiger partial charge in [-0.2, -0.15) is 4.98 Å². The van der Waals surface area contributed by atoms with E-state index in [0.29, 0.717) is 18.1 Å². The highest BCUT2D eigenvalue weighted by Gasteiger charge is 2.12. The second-order valence-electron chi connectivity index (χ2n) is 4.44. The van der Waals surface area contributed by atoms with Crippen LogP contribution in [-0.2, 0) is 6.42 Å². The van der Waals surface area contributed by atoms with E-state index < -0.39 is 0 Å². The van der Waals surface area contributed by atoms with Gasteiger partial charge in [0, 0.05) is 18.0 Å². The summed E-state index contributed by atoms with van der Waals surface area (Å²) in [6.45, 7) is 6.05. The SMILES string of the molecule is Cc1cccc(-c2nc(CC(C)N)no2)c1C. The van der Waals surface area contributed by atoms with Crippen LogP contribution in [0.15, 0.2) is 22.7 Å². The largest absolute Gasteiger partial charge is 0.334 e. The lowest BCUT2D eigenvalue weighted by atomic mass is 10.0. The first kappa shape index (κ1) is 11.8. The van der Waals surface area contributed by atoms with Crippen LogP contribution in [0, 0.1) is 13.8 Å². The Labute approximate surface area is 101 Å². The molecular weight excluding hydrogens is 214 g/mol. The molecule has 2 rings (SSSR count). The second kappa shape index (κ2) is 4.67. The van der Waals surface area contributed by atoms with Crippen molar-refractivity contribution >= 4 is 0 Å². The monoisotopic (exact) mass is 231 g/mol. The summed E-state index contributed by atoms with van der Waals surface area (Å²) >= 11 is 0. The molecule has 1 aromatic heterocycles. The molecule has 0 fully saturated rings. The maximum atomic E-state index is 5.70. The molecule has 4 nitrogen and oxygen atoms in total. The second-order valence-corrected chi connectivity index (χ2v) is 4.44. The molecule has 17 heavy (non-hydrogen) atoms. The fourth-order valence-corrected chi connectivity index (χ4v) is 1.72. The van der Waals surface area contributed by atoms with Crippen LogP contribution < -0.4 is 5.73 Å². The zero-order valence-corrected chi connectivity index (χ0v) is 10.4. The third-order valence-electron chi connectivity index (χ3n) is 2.81. The molecule has 2 N–H and O–H groups in total. The smallest absolute Gasteiger partial charge is 0.258 e. The average Bonchev–Trinajstić information content (AvgIpc) is 2.69. The highest BCUT2D eigenvalue weighted by Crippen LogP contribution is 2.23. The molecule has 0 spiro atoms. The van der Waals surface area contributed by atoms with Gasteiger partial charge in [-0.3, -0.25) is 0 Å². The van der Waals surface area contributed by atoms with Crippen molar-refractivity contribution in [1.29, 1.82) is 0 Å². The Morgan fingerprint density at radius 2 is 2.12 bits per heavy atom. The first-order valence-electron chi connectivity index (χ1n) is 5.72. The molecule has 1 aromatic carbocycles. The van der Waals surface area contributed by atoms with Crippen molar-refractivity contribution in [2.24, 2.45) is 5.73 Å². The Morgan fingerprint density at radius 1 is 1.35 bits per heavy atom. The fourth-order valence-electron chi connectivity index (χ4n) is 1.72. The quantitative estimate of drug-likeness (QED) is 0.879. The zero-order valence-electron chi connectivity index (χ0n) is 10.4. The third-order valence-corrected chi connectivity index (χ3v) is 2.81. The number of nitrogens with zero attached hydrogens (tertiary/aromatic N) is 2. The predicted molar refractivity (Wildman–Crippen MR) is 66.6 cm³/mol. The van der Waals surface area contributed by atoms with Gasteiger partial charge in [0.2, 0.25) is 0 Å². The molecule has 1 heterocycles. The zero-order chi connectivity index (χ0) is 12.4. The third kappa shape index (κ3) is 2.53. The summed E-state index contributed by atoms with van der Waals surface area (Å²) in [6, 6.07) is 6.09. The van der Waals surface area contributed by atoms with Crippen molar-refractivity contribution < 1.29 is 4.52 Å². The van der Waals surface area contributed by atoms with Crippen molar-refractivity contribution in [3.63, 3.8) is 0 Å². The van der Waals surface area contributed by atoms with Gasteiger partial charge >= 0.3 is 0 Å². The Hall–Kier alpha value is -1.68. The Bertz CT molecular complexity index is 517. The molecule has 4 heteroatoms. The van der Waals surface area contributed by atoms with Crippen LogP contribution in [0.4, 0.5) is 0 Å². The van der Waals surface area contributed by atoms with Crippen molar-refractivity contribution in [1.82, 2.24) is 10.1 Å². The van der Waals surface area contributed by atoms with Gasteiger partial charge in [-0.1, -0.05) is 17.3 Å². The first-order valence-corrected chi connectivity index (χ1v) is 5.72. The Morgan fingerprint density at radius 3 is 2.82 bits per heavy atom. The summed E-state index contributed by atoms with van der Waals surface area (Å²) in [7, 11) is 0. The molecular formula is C13H17N3O. The van der Waals surface area contributed by atoms with Gasteiger partial charge in [-0.15, -0.1) is 0 Å². The van der Waals surface area contributed by atoms with Gasteiger partial charge in [-0.05, 0) is 38.0 Å². The topological polar surface area (TPSA) is 64.9 Å². The number of rotatable bonds is 3. The van der Waals surface area contributed by atoms with E-state index in [1.807, 2.05) is 19.1 Å². The van der Waals surface area contributed by atoms with E-state index in [1.165, 1.54) is 11.1 Å². The van der Waals surface area contributed by atoms with Crippen molar-refractivity contribution in [3.8, 4) is 11.5 Å². The lowest BCUT2D eigenvalue weighted by Gasteiger charge is -2.03. The summed E-state index contributed by atoms with van der Waals surface area (Å²) in [6.07, 6.45) is 0.633. The molecule has 0 saturated carbocycles. The number of benzene rings is 1. The standard InChI is InChI=1S/C13H17N3O/c1-8-5-4-6-11(10(8)3)13-15-12(16-17-13)7-9(2)14/h4-6,9H,7,14H2,1-3H3. The highest BCUT2D eigenvalue weighted by atomic mass is 16.5. The minimum Gasteiger partial charge on any atom is -0.334 e. The van der Waals surface area contributed by atoms with Crippen LogP contribution >= 0.6 is 0 Å². The van der Waals surface area contributed by atoms with Gasteiger partial charge in [0.05, 0.1) is 0 Å². The molecule has 0 saturated heterocycles. The fraction of sp³-hybridized carbons (Fsp3) is 0.385. The number of nitrogens with two attached hydrogens (primary N) is 1. The lowest BCUT2D eigenvalue weighted by Crippen LogP contribution is -2.18. The first-order chi connectivity index (χ1) is 8.08. The van der Waals surface area contributed by atoms with E-state index >= 15 is 0 Å². The number of hydrogen-bond acceptors (Lipinski definition) is 4. The van der Waals surface area contributed by atoms with Gasteiger partial charge in [0.25, 0.3) is 5.89 Å². The van der Waals surface area contributed by atoms with Crippen molar-refractivity contribution in [3.05, 3.63) is 35.2 Å². The van der Waals surface area contributed by atoms with Gasteiger partial charge < -0.3 is 10.3 Å². The lowest BCUT2D eigenvalue weighted by molar-refractivity contribution is 0.420. The average molecular weight is 231 g/mol. The highest BCUT2D eigenvalue weighted by molar-refractivity contribution is 5.60. The molecule has 0 amide bonds. The summed E-state index contributed by atoms with van der Waals surface area (Å²) in [4.78, 5) is 4.36. The van der Waals surface area contributed by atoms with Crippen LogP contribution in [0.5, 0.6) is 0 Å². The maximum Gasteiger partial charge on any atom is 0.258 e. The molecule has 0 radical (unpaired) electrons. The van der Waals surface area contributed by atoms with Gasteiger partial charge in [0.1, 0.15) is 0 Å². The Kier molecular flexibility index (Phi) is 3.24. The minimum absolute atomic E-state index is 0.0408. The molecule has 90 valence electrons. The van der Waals surface area contributed by atoms with Crippen molar-refractivity contribution in [2.45, 2.75) is 33.2 Å². The summed E-state index contributed by atoms with van der Waals surface area (Å²) in [5, 5.41) is 3.94. The molecule has 0 aliphatic heterocycles. The van der Waals surface area contributed by atoms with Gasteiger partial charge in [0.15, 0.2) is 5.82 Å².